The summed E-state index contributed by atoms with van der Waals surface area (Å²) >= 11 is 0. The molecule has 1 N–H and O–H groups in total. The van der Waals surface area contributed by atoms with Crippen LogP contribution in [0.1, 0.15) is 52.1 Å². The number of nitrogens with zero attached hydrogens (tertiary/aromatic N) is 3. The minimum atomic E-state index is -0.501. The first kappa shape index (κ1) is 20.9. The number of carbonyl (C=O) groups is 1. The molecule has 2 aliphatic rings. The standard InChI is InChI=1S/C21H29BN4O4/c1-14-8-9-16(28-14)13-23-18(27)17-7-6-10-26(17)19-24-11-15(12-25-19)22-29-20(2,3)21(4,5)30-22/h8-9,11-12,17H,6-7,10,13H2,1-5H3,(H,23,27). The van der Waals surface area contributed by atoms with Gasteiger partial charge in [0.25, 0.3) is 0 Å². The Morgan fingerprint density at radius 1 is 1.20 bits per heavy atom. The van der Waals surface area contributed by atoms with Crippen LogP contribution in [0.15, 0.2) is 28.9 Å². The number of hydrogen-bond acceptors (Lipinski definition) is 7. The summed E-state index contributed by atoms with van der Waals surface area (Å²) in [5, 5.41) is 2.96. The summed E-state index contributed by atoms with van der Waals surface area (Å²) in [6.07, 6.45) is 5.14. The summed E-state index contributed by atoms with van der Waals surface area (Å²) in [5.74, 6) is 2.08. The maximum atomic E-state index is 12.7. The van der Waals surface area contributed by atoms with E-state index in [1.807, 2.05) is 51.7 Å². The average molecular weight is 412 g/mol. The molecule has 160 valence electrons. The van der Waals surface area contributed by atoms with Gasteiger partial charge < -0.3 is 23.9 Å². The second-order valence-electron chi connectivity index (χ2n) is 8.99. The van der Waals surface area contributed by atoms with Crippen LogP contribution in [0.25, 0.3) is 0 Å². The second kappa shape index (κ2) is 7.70. The Bertz CT molecular complexity index is 896. The molecule has 30 heavy (non-hydrogen) atoms. The Hall–Kier alpha value is -2.39. The van der Waals surface area contributed by atoms with E-state index < -0.39 is 18.3 Å². The molecular formula is C21H29BN4O4. The van der Waals surface area contributed by atoms with Gasteiger partial charge in [-0.15, -0.1) is 0 Å². The van der Waals surface area contributed by atoms with Gasteiger partial charge in [0.05, 0.1) is 17.7 Å². The van der Waals surface area contributed by atoms with E-state index in [1.54, 1.807) is 12.4 Å². The van der Waals surface area contributed by atoms with Crippen LogP contribution < -0.4 is 15.7 Å². The zero-order valence-corrected chi connectivity index (χ0v) is 18.3. The van der Waals surface area contributed by atoms with Gasteiger partial charge in [-0.3, -0.25) is 4.79 Å². The first-order valence-corrected chi connectivity index (χ1v) is 10.4. The fourth-order valence-electron chi connectivity index (χ4n) is 3.73. The highest BCUT2D eigenvalue weighted by molar-refractivity contribution is 6.61. The van der Waals surface area contributed by atoms with Gasteiger partial charge in [0.2, 0.25) is 11.9 Å². The number of nitrogens with one attached hydrogen (secondary N) is 1. The SMILES string of the molecule is Cc1ccc(CNC(=O)C2CCCN2c2ncc(B3OC(C)(C)C(C)(C)O3)cn2)o1. The summed E-state index contributed by atoms with van der Waals surface area (Å²) in [4.78, 5) is 23.7. The molecule has 0 aliphatic carbocycles. The summed E-state index contributed by atoms with van der Waals surface area (Å²) < 4.78 is 17.6. The zero-order chi connectivity index (χ0) is 21.5. The van der Waals surface area contributed by atoms with Gasteiger partial charge in [0.15, 0.2) is 0 Å². The third kappa shape index (κ3) is 3.96. The molecule has 2 saturated heterocycles. The fraction of sp³-hybridized carbons (Fsp3) is 0.571. The minimum Gasteiger partial charge on any atom is -0.465 e. The largest absolute Gasteiger partial charge is 0.498 e. The molecule has 0 saturated carbocycles. The predicted octanol–water partition coefficient (Wildman–Crippen LogP) is 1.96. The van der Waals surface area contributed by atoms with Crippen LogP contribution in [0.3, 0.4) is 0 Å². The Labute approximate surface area is 177 Å². The van der Waals surface area contributed by atoms with E-state index in [2.05, 4.69) is 15.3 Å². The Morgan fingerprint density at radius 3 is 2.47 bits per heavy atom. The van der Waals surface area contributed by atoms with Crippen molar-refractivity contribution in [3.63, 3.8) is 0 Å². The molecule has 2 fully saturated rings. The van der Waals surface area contributed by atoms with Gasteiger partial charge in [-0.25, -0.2) is 9.97 Å². The maximum Gasteiger partial charge on any atom is 0.498 e. The van der Waals surface area contributed by atoms with Crippen molar-refractivity contribution < 1.29 is 18.5 Å². The third-order valence-corrected chi connectivity index (χ3v) is 6.23. The van der Waals surface area contributed by atoms with Gasteiger partial charge in [-0.1, -0.05) is 0 Å². The van der Waals surface area contributed by atoms with Crippen LogP contribution in [0.4, 0.5) is 5.95 Å². The van der Waals surface area contributed by atoms with Crippen molar-refractivity contribution in [2.45, 2.75) is 71.2 Å². The van der Waals surface area contributed by atoms with Gasteiger partial charge in [0.1, 0.15) is 17.6 Å². The van der Waals surface area contributed by atoms with Crippen LogP contribution in [-0.4, -0.2) is 46.8 Å². The number of furan rings is 1. The number of carbonyl (C=O) groups excluding carboxylic acids is 1. The Morgan fingerprint density at radius 2 is 1.87 bits per heavy atom. The lowest BCUT2D eigenvalue weighted by Crippen LogP contribution is -2.44. The summed E-state index contributed by atoms with van der Waals surface area (Å²) in [6, 6.07) is 3.47. The van der Waals surface area contributed by atoms with Crippen molar-refractivity contribution in [2.75, 3.05) is 11.4 Å². The molecule has 4 rings (SSSR count). The van der Waals surface area contributed by atoms with Gasteiger partial charge in [-0.2, -0.15) is 0 Å². The highest BCUT2D eigenvalue weighted by Crippen LogP contribution is 2.36. The number of hydrogen-bond donors (Lipinski definition) is 1. The average Bonchev–Trinajstić information content (AvgIpc) is 3.38. The second-order valence-corrected chi connectivity index (χ2v) is 8.99. The molecule has 1 amide bonds. The topological polar surface area (TPSA) is 89.7 Å². The Kier molecular flexibility index (Phi) is 5.36. The highest BCUT2D eigenvalue weighted by Gasteiger charge is 2.52. The van der Waals surface area contributed by atoms with E-state index in [1.165, 1.54) is 0 Å². The molecular weight excluding hydrogens is 383 g/mol. The molecule has 2 aliphatic heterocycles. The molecule has 2 aromatic heterocycles. The van der Waals surface area contributed by atoms with Crippen LogP contribution in [0.2, 0.25) is 0 Å². The molecule has 1 atom stereocenters. The predicted molar refractivity (Wildman–Crippen MR) is 113 cm³/mol. The van der Waals surface area contributed by atoms with E-state index in [4.69, 9.17) is 13.7 Å². The number of rotatable bonds is 5. The monoisotopic (exact) mass is 412 g/mol. The molecule has 9 heteroatoms. The molecule has 0 radical (unpaired) electrons. The molecule has 0 aromatic carbocycles. The lowest BCUT2D eigenvalue weighted by Gasteiger charge is -2.32. The maximum absolute atomic E-state index is 12.7. The van der Waals surface area contributed by atoms with Crippen molar-refractivity contribution >= 4 is 24.4 Å². The van der Waals surface area contributed by atoms with Crippen LogP contribution in [0.5, 0.6) is 0 Å². The number of amides is 1. The Balaban J connectivity index is 1.41. The van der Waals surface area contributed by atoms with Gasteiger partial charge in [0, 0.05) is 24.4 Å². The lowest BCUT2D eigenvalue weighted by atomic mass is 9.81. The van der Waals surface area contributed by atoms with Crippen molar-refractivity contribution in [3.05, 3.63) is 36.0 Å². The minimum absolute atomic E-state index is 0.0415. The zero-order valence-electron chi connectivity index (χ0n) is 18.3. The van der Waals surface area contributed by atoms with E-state index in [-0.39, 0.29) is 11.9 Å². The summed E-state index contributed by atoms with van der Waals surface area (Å²) in [5.41, 5.74) is -0.0621. The fourth-order valence-corrected chi connectivity index (χ4v) is 3.73. The molecule has 8 nitrogen and oxygen atoms in total. The highest BCUT2D eigenvalue weighted by atomic mass is 16.7. The molecule has 0 bridgehead atoms. The number of aromatic nitrogens is 2. The molecule has 2 aromatic rings. The molecule has 4 heterocycles. The third-order valence-electron chi connectivity index (χ3n) is 6.23. The summed E-state index contributed by atoms with van der Waals surface area (Å²) in [7, 11) is -0.501. The quantitative estimate of drug-likeness (QED) is 0.751. The van der Waals surface area contributed by atoms with Crippen LogP contribution >= 0.6 is 0 Å². The first-order chi connectivity index (χ1) is 14.2. The van der Waals surface area contributed by atoms with Crippen LogP contribution in [-0.2, 0) is 20.6 Å². The smallest absolute Gasteiger partial charge is 0.465 e. The van der Waals surface area contributed by atoms with E-state index >= 15 is 0 Å². The van der Waals surface area contributed by atoms with E-state index in [0.29, 0.717) is 12.5 Å². The normalized spacial score (nSPS) is 22.5. The first-order valence-electron chi connectivity index (χ1n) is 10.4. The molecule has 0 spiro atoms. The van der Waals surface area contributed by atoms with E-state index in [9.17, 15) is 4.79 Å². The van der Waals surface area contributed by atoms with Crippen LogP contribution in [0, 0.1) is 6.92 Å². The van der Waals surface area contributed by atoms with E-state index in [0.717, 1.165) is 36.4 Å². The summed E-state index contributed by atoms with van der Waals surface area (Å²) in [6.45, 7) is 11.1. The van der Waals surface area contributed by atoms with Gasteiger partial charge in [-0.05, 0) is 59.6 Å². The number of aryl methyl sites for hydroxylation is 1. The number of anilines is 1. The van der Waals surface area contributed by atoms with Crippen molar-refractivity contribution in [3.8, 4) is 0 Å². The molecule has 1 unspecified atom stereocenters. The lowest BCUT2D eigenvalue weighted by molar-refractivity contribution is -0.122. The van der Waals surface area contributed by atoms with Crippen molar-refractivity contribution in [1.29, 1.82) is 0 Å². The van der Waals surface area contributed by atoms with Crippen molar-refractivity contribution in [2.24, 2.45) is 0 Å². The van der Waals surface area contributed by atoms with Crippen molar-refractivity contribution in [1.82, 2.24) is 15.3 Å². The van der Waals surface area contributed by atoms with Gasteiger partial charge >= 0.3 is 7.12 Å².